The highest BCUT2D eigenvalue weighted by Gasteiger charge is 2.07. The molecular formula is C21H27N7. The zero-order chi connectivity index (χ0) is 19.6. The fourth-order valence-corrected chi connectivity index (χ4v) is 2.76. The third kappa shape index (κ3) is 6.28. The van der Waals surface area contributed by atoms with Gasteiger partial charge in [-0.15, -0.1) is 0 Å². The maximum atomic E-state index is 4.66. The lowest BCUT2D eigenvalue weighted by molar-refractivity contribution is 0.405. The van der Waals surface area contributed by atoms with Crippen LogP contribution in [-0.4, -0.2) is 58.6 Å². The van der Waals surface area contributed by atoms with Crippen molar-refractivity contribution in [3.63, 3.8) is 0 Å². The Labute approximate surface area is 166 Å². The van der Waals surface area contributed by atoms with Crippen molar-refractivity contribution in [1.29, 1.82) is 0 Å². The SMILES string of the molecule is CN(C)CCCNc1nc(NCCc2ccncc2)cc(-c2cccnc2)n1. The van der Waals surface area contributed by atoms with E-state index in [2.05, 4.69) is 49.6 Å². The van der Waals surface area contributed by atoms with E-state index in [-0.39, 0.29) is 0 Å². The van der Waals surface area contributed by atoms with Gasteiger partial charge in [-0.25, -0.2) is 4.98 Å². The fraction of sp³-hybridized carbons (Fsp3) is 0.333. The van der Waals surface area contributed by atoms with Crippen molar-refractivity contribution in [2.24, 2.45) is 0 Å². The summed E-state index contributed by atoms with van der Waals surface area (Å²) in [4.78, 5) is 19.7. The van der Waals surface area contributed by atoms with Crippen molar-refractivity contribution in [3.8, 4) is 11.3 Å². The minimum absolute atomic E-state index is 0.631. The van der Waals surface area contributed by atoms with Gasteiger partial charge in [-0.05, 0) is 63.3 Å². The molecule has 3 aromatic heterocycles. The largest absolute Gasteiger partial charge is 0.370 e. The van der Waals surface area contributed by atoms with Gasteiger partial charge >= 0.3 is 0 Å². The summed E-state index contributed by atoms with van der Waals surface area (Å²) in [6, 6.07) is 9.94. The lowest BCUT2D eigenvalue weighted by atomic mass is 10.2. The highest BCUT2D eigenvalue weighted by molar-refractivity contribution is 5.63. The molecule has 0 radical (unpaired) electrons. The Kier molecular flexibility index (Phi) is 7.26. The molecule has 2 N–H and O–H groups in total. The van der Waals surface area contributed by atoms with Gasteiger partial charge < -0.3 is 15.5 Å². The van der Waals surface area contributed by atoms with E-state index >= 15 is 0 Å². The topological polar surface area (TPSA) is 78.9 Å². The minimum atomic E-state index is 0.631. The first kappa shape index (κ1) is 19.7. The van der Waals surface area contributed by atoms with Crippen molar-refractivity contribution >= 4 is 11.8 Å². The van der Waals surface area contributed by atoms with Crippen LogP contribution in [0.2, 0.25) is 0 Å². The number of nitrogens with one attached hydrogen (secondary N) is 2. The van der Waals surface area contributed by atoms with Crippen LogP contribution < -0.4 is 10.6 Å². The molecule has 0 saturated carbocycles. The number of pyridine rings is 2. The average molecular weight is 377 g/mol. The normalized spacial score (nSPS) is 10.8. The second-order valence-corrected chi connectivity index (χ2v) is 6.82. The molecule has 146 valence electrons. The number of aromatic nitrogens is 4. The highest BCUT2D eigenvalue weighted by atomic mass is 15.1. The van der Waals surface area contributed by atoms with Crippen molar-refractivity contribution in [2.45, 2.75) is 12.8 Å². The van der Waals surface area contributed by atoms with Crippen LogP contribution >= 0.6 is 0 Å². The zero-order valence-electron chi connectivity index (χ0n) is 16.5. The minimum Gasteiger partial charge on any atom is -0.370 e. The number of rotatable bonds is 10. The molecule has 0 aliphatic rings. The maximum Gasteiger partial charge on any atom is 0.225 e. The number of nitrogens with zero attached hydrogens (tertiary/aromatic N) is 5. The molecule has 0 fully saturated rings. The van der Waals surface area contributed by atoms with Gasteiger partial charge in [0.1, 0.15) is 5.82 Å². The van der Waals surface area contributed by atoms with Crippen molar-refractivity contribution in [1.82, 2.24) is 24.8 Å². The van der Waals surface area contributed by atoms with Crippen molar-refractivity contribution in [3.05, 3.63) is 60.7 Å². The molecular weight excluding hydrogens is 350 g/mol. The fourth-order valence-electron chi connectivity index (χ4n) is 2.76. The van der Waals surface area contributed by atoms with Crippen LogP contribution in [0.4, 0.5) is 11.8 Å². The van der Waals surface area contributed by atoms with E-state index in [1.807, 2.05) is 48.9 Å². The second-order valence-electron chi connectivity index (χ2n) is 6.82. The number of anilines is 2. The molecule has 0 bridgehead atoms. The lowest BCUT2D eigenvalue weighted by Gasteiger charge is -2.13. The molecule has 0 aliphatic heterocycles. The van der Waals surface area contributed by atoms with Crippen molar-refractivity contribution in [2.75, 3.05) is 44.4 Å². The van der Waals surface area contributed by atoms with Crippen LogP contribution in [0.3, 0.4) is 0 Å². The molecule has 0 saturated heterocycles. The lowest BCUT2D eigenvalue weighted by Crippen LogP contribution is -2.17. The van der Waals surface area contributed by atoms with Crippen LogP contribution in [0.5, 0.6) is 0 Å². The Morgan fingerprint density at radius 1 is 0.929 bits per heavy atom. The molecule has 0 atom stereocenters. The van der Waals surface area contributed by atoms with E-state index in [0.29, 0.717) is 5.95 Å². The van der Waals surface area contributed by atoms with Gasteiger partial charge in [0, 0.05) is 49.5 Å². The van der Waals surface area contributed by atoms with Crippen LogP contribution in [0.25, 0.3) is 11.3 Å². The first-order valence-electron chi connectivity index (χ1n) is 9.51. The standard InChI is InChI=1S/C21H27N7/c1-28(2)14-4-10-25-21-26-19(18-5-3-9-23-16-18)15-20(27-21)24-13-8-17-6-11-22-12-7-17/h3,5-7,9,11-12,15-16H,4,8,10,13-14H2,1-2H3,(H2,24,25,26,27). The molecule has 0 aliphatic carbocycles. The van der Waals surface area contributed by atoms with Gasteiger partial charge in [0.25, 0.3) is 0 Å². The first-order chi connectivity index (χ1) is 13.7. The summed E-state index contributed by atoms with van der Waals surface area (Å²) in [6.07, 6.45) is 9.14. The molecule has 3 aromatic rings. The zero-order valence-corrected chi connectivity index (χ0v) is 16.5. The van der Waals surface area contributed by atoms with E-state index in [0.717, 1.165) is 49.6 Å². The van der Waals surface area contributed by atoms with Gasteiger partial charge in [-0.1, -0.05) is 0 Å². The molecule has 0 aromatic carbocycles. The summed E-state index contributed by atoms with van der Waals surface area (Å²) in [5.74, 6) is 1.43. The van der Waals surface area contributed by atoms with E-state index in [1.54, 1.807) is 6.20 Å². The quantitative estimate of drug-likeness (QED) is 0.526. The van der Waals surface area contributed by atoms with Gasteiger partial charge in [-0.3, -0.25) is 9.97 Å². The van der Waals surface area contributed by atoms with Crippen molar-refractivity contribution < 1.29 is 0 Å². The summed E-state index contributed by atoms with van der Waals surface area (Å²) in [5, 5.41) is 6.75. The third-order valence-electron chi connectivity index (χ3n) is 4.22. The van der Waals surface area contributed by atoms with Gasteiger partial charge in [0.2, 0.25) is 5.95 Å². The Hall–Kier alpha value is -3.06. The van der Waals surface area contributed by atoms with Crippen LogP contribution in [-0.2, 0) is 6.42 Å². The predicted molar refractivity (Wildman–Crippen MR) is 113 cm³/mol. The highest BCUT2D eigenvalue weighted by Crippen LogP contribution is 2.20. The van der Waals surface area contributed by atoms with Crippen LogP contribution in [0, 0.1) is 0 Å². The summed E-state index contributed by atoms with van der Waals surface area (Å²) in [7, 11) is 4.15. The third-order valence-corrected chi connectivity index (χ3v) is 4.22. The monoisotopic (exact) mass is 377 g/mol. The van der Waals surface area contributed by atoms with Crippen LogP contribution in [0.1, 0.15) is 12.0 Å². The number of hydrogen-bond acceptors (Lipinski definition) is 7. The van der Waals surface area contributed by atoms with Crippen LogP contribution in [0.15, 0.2) is 55.1 Å². The van der Waals surface area contributed by atoms with Gasteiger partial charge in [-0.2, -0.15) is 4.98 Å². The number of hydrogen-bond donors (Lipinski definition) is 2. The molecule has 0 amide bonds. The smallest absolute Gasteiger partial charge is 0.225 e. The second kappa shape index (κ2) is 10.3. The summed E-state index contributed by atoms with van der Waals surface area (Å²) < 4.78 is 0. The molecule has 7 nitrogen and oxygen atoms in total. The van der Waals surface area contributed by atoms with E-state index < -0.39 is 0 Å². The average Bonchev–Trinajstić information content (AvgIpc) is 2.72. The predicted octanol–water partition coefficient (Wildman–Crippen LogP) is 2.95. The van der Waals surface area contributed by atoms with Gasteiger partial charge in [0.15, 0.2) is 0 Å². The molecule has 0 spiro atoms. The van der Waals surface area contributed by atoms with E-state index in [4.69, 9.17) is 0 Å². The molecule has 0 unspecified atom stereocenters. The van der Waals surface area contributed by atoms with Gasteiger partial charge in [0.05, 0.1) is 5.69 Å². The summed E-state index contributed by atoms with van der Waals surface area (Å²) in [5.41, 5.74) is 3.06. The Bertz CT molecular complexity index is 838. The summed E-state index contributed by atoms with van der Waals surface area (Å²) in [6.45, 7) is 2.63. The van der Waals surface area contributed by atoms with E-state index in [9.17, 15) is 0 Å². The molecule has 3 rings (SSSR count). The maximum absolute atomic E-state index is 4.66. The molecule has 7 heteroatoms. The Morgan fingerprint density at radius 3 is 2.54 bits per heavy atom. The Morgan fingerprint density at radius 2 is 1.79 bits per heavy atom. The Balaban J connectivity index is 1.69. The first-order valence-corrected chi connectivity index (χ1v) is 9.51. The molecule has 3 heterocycles. The molecule has 28 heavy (non-hydrogen) atoms. The summed E-state index contributed by atoms with van der Waals surface area (Å²) >= 11 is 0. The van der Waals surface area contributed by atoms with E-state index in [1.165, 1.54) is 5.56 Å².